The molecule has 0 bridgehead atoms. The Bertz CT molecular complexity index is 967. The number of rotatable bonds is 3. The van der Waals surface area contributed by atoms with Crippen LogP contribution in [0.2, 0.25) is 0 Å². The fourth-order valence-electron chi connectivity index (χ4n) is 2.56. The van der Waals surface area contributed by atoms with Gasteiger partial charge in [0.1, 0.15) is 12.4 Å². The summed E-state index contributed by atoms with van der Waals surface area (Å²) in [5, 5.41) is 19.3. The van der Waals surface area contributed by atoms with Crippen molar-refractivity contribution >= 4 is 22.6 Å². The van der Waals surface area contributed by atoms with Crippen LogP contribution in [0.5, 0.6) is 0 Å². The van der Waals surface area contributed by atoms with Gasteiger partial charge >= 0.3 is 0 Å². The zero-order chi connectivity index (χ0) is 16.2. The summed E-state index contributed by atoms with van der Waals surface area (Å²) in [7, 11) is 0. The van der Waals surface area contributed by atoms with Crippen LogP contribution >= 0.6 is 0 Å². The Labute approximate surface area is 133 Å². The van der Waals surface area contributed by atoms with Crippen molar-refractivity contribution in [2.75, 3.05) is 0 Å². The average Bonchev–Trinajstić information content (AvgIpc) is 2.92. The first kappa shape index (κ1) is 14.6. The zero-order valence-electron chi connectivity index (χ0n) is 12.2. The summed E-state index contributed by atoms with van der Waals surface area (Å²) in [4.78, 5) is 0. The molecule has 23 heavy (non-hydrogen) atoms. The second-order valence-corrected chi connectivity index (χ2v) is 5.06. The van der Waals surface area contributed by atoms with Crippen LogP contribution in [-0.4, -0.2) is 4.57 Å². The number of nitrogens with zero attached hydrogens (tertiary/aromatic N) is 3. The summed E-state index contributed by atoms with van der Waals surface area (Å²) in [6.07, 6.45) is 3.62. The Morgan fingerprint density at radius 2 is 1.83 bits per heavy atom. The van der Waals surface area contributed by atoms with Crippen LogP contribution in [0, 0.1) is 28.5 Å². The highest BCUT2D eigenvalue weighted by Gasteiger charge is 2.08. The number of benzene rings is 2. The number of hydrogen-bond donors (Lipinski definition) is 0. The van der Waals surface area contributed by atoms with E-state index in [4.69, 9.17) is 5.26 Å². The van der Waals surface area contributed by atoms with Gasteiger partial charge in [-0.3, -0.25) is 0 Å². The first-order chi connectivity index (χ1) is 11.2. The van der Waals surface area contributed by atoms with Gasteiger partial charge in [0.25, 0.3) is 0 Å². The van der Waals surface area contributed by atoms with Gasteiger partial charge in [0.15, 0.2) is 0 Å². The van der Waals surface area contributed by atoms with Gasteiger partial charge in [-0.2, -0.15) is 10.5 Å². The summed E-state index contributed by atoms with van der Waals surface area (Å²) >= 11 is 0. The maximum absolute atomic E-state index is 13.0. The van der Waals surface area contributed by atoms with E-state index in [1.807, 2.05) is 35.0 Å². The average molecular weight is 301 g/mol. The molecular weight excluding hydrogens is 289 g/mol. The van der Waals surface area contributed by atoms with Gasteiger partial charge in [-0.05, 0) is 29.8 Å². The van der Waals surface area contributed by atoms with Crippen LogP contribution < -0.4 is 0 Å². The summed E-state index contributed by atoms with van der Waals surface area (Å²) in [5.41, 5.74) is 2.91. The van der Waals surface area contributed by atoms with Crippen molar-refractivity contribution in [3.8, 4) is 12.1 Å². The minimum absolute atomic E-state index is 0.243. The van der Waals surface area contributed by atoms with Gasteiger partial charge in [-0.15, -0.1) is 0 Å². The van der Waals surface area contributed by atoms with E-state index in [9.17, 15) is 9.65 Å². The van der Waals surface area contributed by atoms with Crippen LogP contribution in [0.25, 0.3) is 22.6 Å². The molecule has 4 heteroatoms. The molecule has 0 aliphatic carbocycles. The monoisotopic (exact) mass is 301 g/mol. The number of para-hydroxylation sites is 1. The Kier molecular flexibility index (Phi) is 3.91. The summed E-state index contributed by atoms with van der Waals surface area (Å²) in [5.74, 6) is -0.336. The molecule has 0 aliphatic rings. The van der Waals surface area contributed by atoms with Crippen LogP contribution in [-0.2, 0) is 6.54 Å². The maximum atomic E-state index is 13.0. The number of hydrogen-bond acceptors (Lipinski definition) is 2. The lowest BCUT2D eigenvalue weighted by Crippen LogP contribution is -1.91. The Hall–Kier alpha value is -3.37. The van der Waals surface area contributed by atoms with Gasteiger partial charge in [-0.25, -0.2) is 4.39 Å². The lowest BCUT2D eigenvalue weighted by Gasteiger charge is -1.99. The molecule has 3 nitrogen and oxygen atoms in total. The van der Waals surface area contributed by atoms with Crippen LogP contribution in [0.3, 0.4) is 0 Å². The van der Waals surface area contributed by atoms with E-state index in [1.165, 1.54) is 12.1 Å². The van der Waals surface area contributed by atoms with Gasteiger partial charge < -0.3 is 4.57 Å². The summed E-state index contributed by atoms with van der Waals surface area (Å²) in [6, 6.07) is 17.8. The maximum Gasteiger partial charge on any atom is 0.123 e. The molecule has 0 amide bonds. The SMILES string of the molecule is N#CCn1cc(C=C(C#N)c2ccc(F)cc2)c2ccccc21. The highest BCUT2D eigenvalue weighted by atomic mass is 19.1. The van der Waals surface area contributed by atoms with Crippen molar-refractivity contribution in [1.29, 1.82) is 10.5 Å². The van der Waals surface area contributed by atoms with E-state index >= 15 is 0 Å². The standard InChI is InChI=1S/C19H12FN3/c20-17-7-5-14(6-8-17)15(12-22)11-16-13-23(10-9-21)19-4-2-1-3-18(16)19/h1-8,11,13H,10H2. The molecule has 0 atom stereocenters. The van der Waals surface area contributed by atoms with E-state index in [1.54, 1.807) is 18.2 Å². The fourth-order valence-corrected chi connectivity index (χ4v) is 2.56. The molecule has 0 N–H and O–H groups in total. The zero-order valence-corrected chi connectivity index (χ0v) is 12.2. The van der Waals surface area contributed by atoms with Crippen LogP contribution in [0.15, 0.2) is 54.7 Å². The number of allylic oxidation sites excluding steroid dienone is 1. The van der Waals surface area contributed by atoms with Gasteiger partial charge in [0.2, 0.25) is 0 Å². The van der Waals surface area contributed by atoms with Gasteiger partial charge in [0, 0.05) is 22.7 Å². The lowest BCUT2D eigenvalue weighted by atomic mass is 10.0. The molecule has 2 aromatic carbocycles. The predicted molar refractivity (Wildman–Crippen MR) is 87.4 cm³/mol. The molecule has 0 aliphatic heterocycles. The Morgan fingerprint density at radius 3 is 2.52 bits per heavy atom. The van der Waals surface area contributed by atoms with Crippen LogP contribution in [0.1, 0.15) is 11.1 Å². The quantitative estimate of drug-likeness (QED) is 0.675. The molecule has 3 rings (SSSR count). The summed E-state index contributed by atoms with van der Waals surface area (Å²) in [6.45, 7) is 0.243. The molecule has 0 radical (unpaired) electrons. The van der Waals surface area contributed by atoms with Crippen molar-refractivity contribution in [3.63, 3.8) is 0 Å². The predicted octanol–water partition coefficient (Wildman–Crippen LogP) is 4.37. The molecule has 1 heterocycles. The van der Waals surface area contributed by atoms with Crippen molar-refractivity contribution in [3.05, 3.63) is 71.7 Å². The third-order valence-electron chi connectivity index (χ3n) is 3.64. The minimum Gasteiger partial charge on any atom is -0.333 e. The number of halogens is 1. The molecule has 110 valence electrons. The van der Waals surface area contributed by atoms with Gasteiger partial charge in [0.05, 0.1) is 17.7 Å². The van der Waals surface area contributed by atoms with E-state index in [0.717, 1.165) is 16.5 Å². The molecule has 1 aromatic heterocycles. The van der Waals surface area contributed by atoms with Gasteiger partial charge in [-0.1, -0.05) is 30.3 Å². The molecule has 3 aromatic rings. The topological polar surface area (TPSA) is 52.5 Å². The number of nitriles is 2. The molecule has 0 saturated carbocycles. The second kappa shape index (κ2) is 6.17. The highest BCUT2D eigenvalue weighted by molar-refractivity contribution is 5.98. The number of aromatic nitrogens is 1. The minimum atomic E-state index is -0.336. The second-order valence-electron chi connectivity index (χ2n) is 5.06. The van der Waals surface area contributed by atoms with Crippen molar-refractivity contribution < 1.29 is 4.39 Å². The molecule has 0 saturated heterocycles. The largest absolute Gasteiger partial charge is 0.333 e. The Balaban J connectivity index is 2.14. The van der Waals surface area contributed by atoms with Crippen LogP contribution in [0.4, 0.5) is 4.39 Å². The lowest BCUT2D eigenvalue weighted by molar-refractivity contribution is 0.627. The molecule has 0 fully saturated rings. The third-order valence-corrected chi connectivity index (χ3v) is 3.64. The van der Waals surface area contributed by atoms with Crippen molar-refractivity contribution in [2.45, 2.75) is 6.54 Å². The first-order valence-corrected chi connectivity index (χ1v) is 7.05. The van der Waals surface area contributed by atoms with E-state index in [0.29, 0.717) is 11.1 Å². The van der Waals surface area contributed by atoms with E-state index in [2.05, 4.69) is 12.1 Å². The van der Waals surface area contributed by atoms with E-state index in [-0.39, 0.29) is 12.4 Å². The Morgan fingerprint density at radius 1 is 1.09 bits per heavy atom. The normalized spacial score (nSPS) is 11.2. The number of fused-ring (bicyclic) bond motifs is 1. The highest BCUT2D eigenvalue weighted by Crippen LogP contribution is 2.26. The first-order valence-electron chi connectivity index (χ1n) is 7.05. The smallest absolute Gasteiger partial charge is 0.123 e. The molecule has 0 spiro atoms. The molecular formula is C19H12FN3. The molecule has 0 unspecified atom stereocenters. The van der Waals surface area contributed by atoms with E-state index < -0.39 is 0 Å². The third kappa shape index (κ3) is 2.84. The fraction of sp³-hybridized carbons (Fsp3) is 0.0526. The van der Waals surface area contributed by atoms with Crippen molar-refractivity contribution in [1.82, 2.24) is 4.57 Å². The van der Waals surface area contributed by atoms with Crippen molar-refractivity contribution in [2.24, 2.45) is 0 Å². The summed E-state index contributed by atoms with van der Waals surface area (Å²) < 4.78 is 14.9.